The monoisotopic (exact) mass is 161 g/mol. The minimum atomic E-state index is -1.06. The van der Waals surface area contributed by atoms with Crippen molar-refractivity contribution >= 4 is 5.97 Å². The molecule has 0 N–H and O–H groups in total. The van der Waals surface area contributed by atoms with E-state index in [1.54, 1.807) is 11.9 Å². The molecule has 2 atom stereocenters. The molecule has 64 valence electrons. The van der Waals surface area contributed by atoms with Gasteiger partial charge in [0, 0.05) is 13.1 Å². The van der Waals surface area contributed by atoms with Crippen LogP contribution in [0.1, 0.15) is 0 Å². The van der Waals surface area contributed by atoms with Crippen LogP contribution >= 0.6 is 0 Å². The van der Waals surface area contributed by atoms with E-state index in [9.17, 15) is 9.18 Å². The van der Waals surface area contributed by atoms with Gasteiger partial charge in [0.15, 0.2) is 0 Å². The molecule has 0 saturated carbocycles. The summed E-state index contributed by atoms with van der Waals surface area (Å²) in [4.78, 5) is 12.7. The van der Waals surface area contributed by atoms with E-state index in [0.29, 0.717) is 13.1 Å². The molecular formula is C7H12FNO2. The summed E-state index contributed by atoms with van der Waals surface area (Å²) in [6.07, 6.45) is -1.06. The number of ether oxygens (including phenoxy) is 1. The molecule has 0 aromatic carbocycles. The van der Waals surface area contributed by atoms with Crippen LogP contribution in [0.25, 0.3) is 0 Å². The number of halogens is 1. The van der Waals surface area contributed by atoms with Gasteiger partial charge in [-0.15, -0.1) is 0 Å². The van der Waals surface area contributed by atoms with Gasteiger partial charge in [0.1, 0.15) is 12.1 Å². The van der Waals surface area contributed by atoms with Gasteiger partial charge in [0.2, 0.25) is 0 Å². The molecule has 1 aliphatic heterocycles. The highest BCUT2D eigenvalue weighted by molar-refractivity contribution is 5.73. The Morgan fingerprint density at radius 2 is 2.27 bits per heavy atom. The maximum Gasteiger partial charge on any atom is 0.312 e. The van der Waals surface area contributed by atoms with Gasteiger partial charge in [-0.05, 0) is 7.05 Å². The van der Waals surface area contributed by atoms with Crippen LogP contribution in [-0.2, 0) is 9.53 Å². The van der Waals surface area contributed by atoms with Crippen LogP contribution in [0.15, 0.2) is 0 Å². The van der Waals surface area contributed by atoms with E-state index in [1.807, 2.05) is 0 Å². The Kier molecular flexibility index (Phi) is 2.44. The summed E-state index contributed by atoms with van der Waals surface area (Å²) < 4.78 is 17.4. The standard InChI is InChI=1S/C7H12FNO2/c1-9-3-5(6(8)4-9)7(10)11-2/h5-6H,3-4H2,1-2H3. The highest BCUT2D eigenvalue weighted by Gasteiger charge is 2.36. The first-order valence-corrected chi connectivity index (χ1v) is 3.55. The maximum atomic E-state index is 12.9. The number of carbonyl (C=O) groups excluding carboxylic acids is 1. The minimum absolute atomic E-state index is 0.333. The Morgan fingerprint density at radius 3 is 2.64 bits per heavy atom. The largest absolute Gasteiger partial charge is 0.469 e. The van der Waals surface area contributed by atoms with Crippen molar-refractivity contribution < 1.29 is 13.9 Å². The lowest BCUT2D eigenvalue weighted by molar-refractivity contribution is -0.146. The van der Waals surface area contributed by atoms with E-state index < -0.39 is 18.1 Å². The number of likely N-dealkylation sites (tertiary alicyclic amines) is 1. The number of esters is 1. The zero-order valence-corrected chi connectivity index (χ0v) is 6.71. The number of methoxy groups -OCH3 is 1. The Labute approximate surface area is 65.1 Å². The van der Waals surface area contributed by atoms with Gasteiger partial charge >= 0.3 is 5.97 Å². The first kappa shape index (κ1) is 8.46. The zero-order chi connectivity index (χ0) is 8.43. The molecule has 3 nitrogen and oxygen atoms in total. The lowest BCUT2D eigenvalue weighted by atomic mass is 10.1. The average molecular weight is 161 g/mol. The second kappa shape index (κ2) is 3.17. The van der Waals surface area contributed by atoms with Gasteiger partial charge in [-0.1, -0.05) is 0 Å². The third-order valence-electron chi connectivity index (χ3n) is 1.93. The molecule has 0 spiro atoms. The molecule has 0 aliphatic carbocycles. The molecule has 1 aliphatic rings. The van der Waals surface area contributed by atoms with E-state index in [4.69, 9.17) is 0 Å². The zero-order valence-electron chi connectivity index (χ0n) is 6.71. The molecule has 0 aromatic heterocycles. The van der Waals surface area contributed by atoms with Gasteiger partial charge in [0.05, 0.1) is 7.11 Å². The highest BCUT2D eigenvalue weighted by Crippen LogP contribution is 2.19. The van der Waals surface area contributed by atoms with Crippen molar-refractivity contribution in [1.29, 1.82) is 0 Å². The molecule has 0 radical (unpaired) electrons. The van der Waals surface area contributed by atoms with Crippen LogP contribution in [0.5, 0.6) is 0 Å². The predicted octanol–water partition coefficient (Wildman–Crippen LogP) is 0.0591. The Hall–Kier alpha value is -0.640. The smallest absolute Gasteiger partial charge is 0.312 e. The van der Waals surface area contributed by atoms with Crippen molar-refractivity contribution in [2.45, 2.75) is 6.17 Å². The van der Waals surface area contributed by atoms with Crippen LogP contribution in [0.2, 0.25) is 0 Å². The van der Waals surface area contributed by atoms with Crippen LogP contribution in [0.3, 0.4) is 0 Å². The second-order valence-corrected chi connectivity index (χ2v) is 2.87. The van der Waals surface area contributed by atoms with Crippen molar-refractivity contribution in [3.05, 3.63) is 0 Å². The van der Waals surface area contributed by atoms with E-state index >= 15 is 0 Å². The number of alkyl halides is 1. The normalized spacial score (nSPS) is 32.3. The van der Waals surface area contributed by atoms with Crippen molar-refractivity contribution in [3.8, 4) is 0 Å². The van der Waals surface area contributed by atoms with Crippen molar-refractivity contribution in [2.75, 3.05) is 27.2 Å². The number of hydrogen-bond donors (Lipinski definition) is 0. The summed E-state index contributed by atoms with van der Waals surface area (Å²) in [6.45, 7) is 0.799. The molecule has 2 unspecified atom stereocenters. The lowest BCUT2D eigenvalue weighted by Gasteiger charge is -2.07. The summed E-state index contributed by atoms with van der Waals surface area (Å²) in [5.41, 5.74) is 0. The average Bonchev–Trinajstić information content (AvgIpc) is 2.28. The molecule has 1 fully saturated rings. The third-order valence-corrected chi connectivity index (χ3v) is 1.93. The fourth-order valence-electron chi connectivity index (χ4n) is 1.32. The van der Waals surface area contributed by atoms with Crippen LogP contribution in [-0.4, -0.2) is 44.3 Å². The van der Waals surface area contributed by atoms with Crippen LogP contribution in [0.4, 0.5) is 4.39 Å². The fourth-order valence-corrected chi connectivity index (χ4v) is 1.32. The number of hydrogen-bond acceptors (Lipinski definition) is 3. The third kappa shape index (κ3) is 1.68. The maximum absolute atomic E-state index is 12.9. The summed E-state index contributed by atoms with van der Waals surface area (Å²) in [7, 11) is 3.07. The fraction of sp³-hybridized carbons (Fsp3) is 0.857. The topological polar surface area (TPSA) is 29.5 Å². The van der Waals surface area contributed by atoms with Crippen molar-refractivity contribution in [3.63, 3.8) is 0 Å². The van der Waals surface area contributed by atoms with Crippen molar-refractivity contribution in [2.24, 2.45) is 5.92 Å². The molecule has 0 aromatic rings. The number of nitrogens with zero attached hydrogens (tertiary/aromatic N) is 1. The van der Waals surface area contributed by atoms with Gasteiger partial charge < -0.3 is 9.64 Å². The number of carbonyl (C=O) groups is 1. The van der Waals surface area contributed by atoms with Gasteiger partial charge in [-0.3, -0.25) is 4.79 Å². The van der Waals surface area contributed by atoms with Crippen LogP contribution < -0.4 is 0 Å². The molecular weight excluding hydrogens is 149 g/mol. The molecule has 1 rings (SSSR count). The first-order chi connectivity index (χ1) is 5.15. The second-order valence-electron chi connectivity index (χ2n) is 2.87. The molecule has 0 amide bonds. The Morgan fingerprint density at radius 1 is 1.64 bits per heavy atom. The SMILES string of the molecule is COC(=O)C1CN(C)CC1F. The van der Waals surface area contributed by atoms with E-state index in [0.717, 1.165) is 0 Å². The summed E-state index contributed by atoms with van der Waals surface area (Å²) in [5, 5.41) is 0. The van der Waals surface area contributed by atoms with Gasteiger partial charge in [-0.2, -0.15) is 0 Å². The predicted molar refractivity (Wildman–Crippen MR) is 37.9 cm³/mol. The van der Waals surface area contributed by atoms with E-state index in [2.05, 4.69) is 4.74 Å². The van der Waals surface area contributed by atoms with Gasteiger partial charge in [-0.25, -0.2) is 4.39 Å². The highest BCUT2D eigenvalue weighted by atomic mass is 19.1. The van der Waals surface area contributed by atoms with Crippen LogP contribution in [0, 0.1) is 5.92 Å². The van der Waals surface area contributed by atoms with Crippen molar-refractivity contribution in [1.82, 2.24) is 4.90 Å². The summed E-state index contributed by atoms with van der Waals surface area (Å²) in [5.74, 6) is -1.02. The Balaban J connectivity index is 2.52. The minimum Gasteiger partial charge on any atom is -0.469 e. The summed E-state index contributed by atoms with van der Waals surface area (Å²) in [6, 6.07) is 0. The molecule has 0 bridgehead atoms. The van der Waals surface area contributed by atoms with E-state index in [1.165, 1.54) is 7.11 Å². The molecule has 1 heterocycles. The van der Waals surface area contributed by atoms with E-state index in [-0.39, 0.29) is 0 Å². The number of rotatable bonds is 1. The molecule has 1 saturated heterocycles. The van der Waals surface area contributed by atoms with Gasteiger partial charge in [0.25, 0.3) is 0 Å². The summed E-state index contributed by atoms with van der Waals surface area (Å²) >= 11 is 0. The first-order valence-electron chi connectivity index (χ1n) is 3.55. The lowest BCUT2D eigenvalue weighted by Crippen LogP contribution is -2.24. The Bertz CT molecular complexity index is 163. The molecule has 4 heteroatoms. The molecule has 11 heavy (non-hydrogen) atoms. The quantitative estimate of drug-likeness (QED) is 0.509.